The lowest BCUT2D eigenvalue weighted by molar-refractivity contribution is -0.304. The summed E-state index contributed by atoms with van der Waals surface area (Å²) in [5.74, 6) is -1.93. The van der Waals surface area contributed by atoms with Gasteiger partial charge in [0.15, 0.2) is 5.17 Å². The Morgan fingerprint density at radius 1 is 1.24 bits per heavy atom. The standard InChI is InChI=1S/C19H15ClF2N2O4S/c20-19(21,22)28-14-8-6-13(7-9-14)23-18-24(11-12-4-2-1-3-5-12)16(25)10-15(29-18)17(26)27/h1-9,15H,10-11H2,(H,26,27)/p-1. The average molecular weight is 440 g/mol. The summed E-state index contributed by atoms with van der Waals surface area (Å²) in [5, 5.41) is 10.4. The van der Waals surface area contributed by atoms with Gasteiger partial charge in [-0.05, 0) is 29.8 Å². The first kappa shape index (κ1) is 21.1. The number of thioether (sulfide) groups is 1. The molecule has 1 heterocycles. The number of ether oxygens (including phenoxy) is 1. The van der Waals surface area contributed by atoms with Crippen LogP contribution in [-0.2, 0) is 16.1 Å². The van der Waals surface area contributed by atoms with Crippen molar-refractivity contribution in [1.82, 2.24) is 4.90 Å². The minimum Gasteiger partial charge on any atom is -0.549 e. The maximum absolute atomic E-state index is 12.7. The summed E-state index contributed by atoms with van der Waals surface area (Å²) in [6, 6.07) is 14.4. The third kappa shape index (κ3) is 5.91. The van der Waals surface area contributed by atoms with Crippen LogP contribution in [0.2, 0.25) is 0 Å². The predicted octanol–water partition coefficient (Wildman–Crippen LogP) is 3.13. The Bertz CT molecular complexity index is 920. The van der Waals surface area contributed by atoms with E-state index < -0.39 is 22.7 Å². The largest absolute Gasteiger partial charge is 0.549 e. The Morgan fingerprint density at radius 2 is 1.90 bits per heavy atom. The molecule has 10 heteroatoms. The Kier molecular flexibility index (Phi) is 6.39. The lowest BCUT2D eigenvalue weighted by Crippen LogP contribution is -2.47. The molecule has 0 spiro atoms. The molecule has 0 aliphatic carbocycles. The van der Waals surface area contributed by atoms with Gasteiger partial charge in [0.1, 0.15) is 5.75 Å². The number of hydrogen-bond donors (Lipinski definition) is 0. The fourth-order valence-electron chi connectivity index (χ4n) is 2.58. The summed E-state index contributed by atoms with van der Waals surface area (Å²) in [6.07, 6.45) is -0.212. The van der Waals surface area contributed by atoms with Crippen LogP contribution in [0.5, 0.6) is 5.75 Å². The summed E-state index contributed by atoms with van der Waals surface area (Å²) in [7, 11) is 0. The van der Waals surface area contributed by atoms with Gasteiger partial charge in [-0.2, -0.15) is 0 Å². The minimum atomic E-state index is -3.84. The van der Waals surface area contributed by atoms with Gasteiger partial charge < -0.3 is 14.6 Å². The maximum Gasteiger partial charge on any atom is 0.487 e. The number of halogens is 3. The molecule has 0 bridgehead atoms. The van der Waals surface area contributed by atoms with Gasteiger partial charge in [-0.3, -0.25) is 9.69 Å². The zero-order chi connectivity index (χ0) is 21.0. The smallest absolute Gasteiger partial charge is 0.487 e. The number of nitrogens with zero attached hydrogens (tertiary/aromatic N) is 2. The van der Waals surface area contributed by atoms with Crippen molar-refractivity contribution in [2.75, 3.05) is 0 Å². The molecule has 0 aromatic heterocycles. The molecule has 0 saturated carbocycles. The normalized spacial score (nSPS) is 18.7. The first-order valence-corrected chi connectivity index (χ1v) is 9.63. The molecule has 1 fully saturated rings. The van der Waals surface area contributed by atoms with Gasteiger partial charge in [0.2, 0.25) is 5.91 Å². The number of amides is 1. The molecule has 1 aliphatic heterocycles. The van der Waals surface area contributed by atoms with Crippen LogP contribution in [0.1, 0.15) is 12.0 Å². The second-order valence-electron chi connectivity index (χ2n) is 6.03. The first-order chi connectivity index (χ1) is 13.7. The highest BCUT2D eigenvalue weighted by Crippen LogP contribution is 2.31. The number of rotatable bonds is 6. The number of hydrogen-bond acceptors (Lipinski definition) is 6. The fraction of sp³-hybridized carbons (Fsp3) is 0.211. The van der Waals surface area contributed by atoms with Gasteiger partial charge in [-0.1, -0.05) is 42.1 Å². The van der Waals surface area contributed by atoms with Crippen LogP contribution in [0, 0.1) is 0 Å². The highest BCUT2D eigenvalue weighted by Gasteiger charge is 2.33. The van der Waals surface area contributed by atoms with E-state index in [0.717, 1.165) is 17.3 Å². The Morgan fingerprint density at radius 3 is 2.48 bits per heavy atom. The topological polar surface area (TPSA) is 82.0 Å². The van der Waals surface area contributed by atoms with E-state index >= 15 is 0 Å². The number of alkyl halides is 3. The summed E-state index contributed by atoms with van der Waals surface area (Å²) in [6.45, 7) is 0.213. The number of carboxylic acids is 1. The second-order valence-corrected chi connectivity index (χ2v) is 7.64. The van der Waals surface area contributed by atoms with Crippen LogP contribution >= 0.6 is 23.4 Å². The van der Waals surface area contributed by atoms with Gasteiger partial charge in [-0.15, -0.1) is 8.78 Å². The third-order valence-corrected chi connectivity index (χ3v) is 5.12. The van der Waals surface area contributed by atoms with Crippen molar-refractivity contribution in [1.29, 1.82) is 0 Å². The van der Waals surface area contributed by atoms with Gasteiger partial charge in [-0.25, -0.2) is 4.99 Å². The molecule has 3 rings (SSSR count). The average Bonchev–Trinajstić information content (AvgIpc) is 2.65. The zero-order valence-corrected chi connectivity index (χ0v) is 16.3. The number of aliphatic imine (C=N–C) groups is 1. The molecule has 2 aromatic carbocycles. The van der Waals surface area contributed by atoms with Crippen molar-refractivity contribution >= 4 is 46.1 Å². The van der Waals surface area contributed by atoms with Crippen LogP contribution in [-0.4, -0.2) is 32.8 Å². The van der Waals surface area contributed by atoms with Crippen molar-refractivity contribution in [3.8, 4) is 5.75 Å². The Balaban J connectivity index is 1.87. The van der Waals surface area contributed by atoms with Crippen LogP contribution in [0.4, 0.5) is 14.5 Å². The van der Waals surface area contributed by atoms with E-state index in [1.54, 1.807) is 0 Å². The predicted molar refractivity (Wildman–Crippen MR) is 103 cm³/mol. The summed E-state index contributed by atoms with van der Waals surface area (Å²) >= 11 is 5.63. The Labute approximate surface area is 174 Å². The van der Waals surface area contributed by atoms with E-state index in [-0.39, 0.29) is 23.9 Å². The molecule has 2 aromatic rings. The summed E-state index contributed by atoms with van der Waals surface area (Å²) < 4.78 is 29.7. The second kappa shape index (κ2) is 8.79. The van der Waals surface area contributed by atoms with Crippen molar-refractivity contribution in [2.24, 2.45) is 4.99 Å². The van der Waals surface area contributed by atoms with Gasteiger partial charge in [0, 0.05) is 18.0 Å². The number of amidine groups is 1. The summed E-state index contributed by atoms with van der Waals surface area (Å²) in [5.41, 5.74) is -2.68. The minimum absolute atomic E-state index is 0.171. The van der Waals surface area contributed by atoms with E-state index in [1.807, 2.05) is 30.3 Å². The van der Waals surface area contributed by atoms with E-state index in [9.17, 15) is 23.5 Å². The highest BCUT2D eigenvalue weighted by molar-refractivity contribution is 8.15. The quantitative estimate of drug-likeness (QED) is 0.646. The van der Waals surface area contributed by atoms with Gasteiger partial charge in [0.25, 0.3) is 0 Å². The van der Waals surface area contributed by atoms with Crippen LogP contribution in [0.3, 0.4) is 0 Å². The number of carbonyl (C=O) groups excluding carboxylic acids is 2. The van der Waals surface area contributed by atoms with Gasteiger partial charge in [0.05, 0.1) is 23.5 Å². The lowest BCUT2D eigenvalue weighted by atomic mass is 10.2. The zero-order valence-electron chi connectivity index (χ0n) is 14.8. The van der Waals surface area contributed by atoms with Crippen molar-refractivity contribution in [3.05, 3.63) is 60.2 Å². The van der Waals surface area contributed by atoms with Crippen molar-refractivity contribution in [3.63, 3.8) is 0 Å². The van der Waals surface area contributed by atoms with E-state index in [0.29, 0.717) is 5.69 Å². The third-order valence-electron chi connectivity index (χ3n) is 3.88. The highest BCUT2D eigenvalue weighted by atomic mass is 35.5. The van der Waals surface area contributed by atoms with Crippen LogP contribution in [0.15, 0.2) is 59.6 Å². The van der Waals surface area contributed by atoms with Crippen molar-refractivity contribution in [2.45, 2.75) is 23.8 Å². The molecule has 1 aliphatic rings. The molecular weight excluding hydrogens is 426 g/mol. The van der Waals surface area contributed by atoms with Crippen LogP contribution in [0.25, 0.3) is 0 Å². The molecule has 6 nitrogen and oxygen atoms in total. The SMILES string of the molecule is O=C([O-])C1CC(=O)N(Cc2ccccc2)C(=Nc2ccc(OC(F)(F)Cl)cc2)S1. The molecule has 0 radical (unpaired) electrons. The number of benzene rings is 2. The molecule has 152 valence electrons. The molecule has 1 amide bonds. The number of aliphatic carboxylic acids is 1. The first-order valence-electron chi connectivity index (χ1n) is 8.37. The molecule has 1 unspecified atom stereocenters. The molecule has 1 atom stereocenters. The molecular formula is C19H14ClF2N2O4S-. The molecule has 1 saturated heterocycles. The molecule has 29 heavy (non-hydrogen) atoms. The maximum atomic E-state index is 12.7. The lowest BCUT2D eigenvalue weighted by Gasteiger charge is -2.32. The molecule has 0 N–H and O–H groups in total. The monoisotopic (exact) mass is 439 g/mol. The Hall–Kier alpha value is -2.65. The van der Waals surface area contributed by atoms with Crippen LogP contribution < -0.4 is 9.84 Å². The fourth-order valence-corrected chi connectivity index (χ4v) is 3.70. The van der Waals surface area contributed by atoms with E-state index in [2.05, 4.69) is 9.73 Å². The number of carbonyl (C=O) groups is 2. The number of carboxylic acid groups (broad SMARTS) is 1. The van der Waals surface area contributed by atoms with E-state index in [4.69, 9.17) is 11.6 Å². The van der Waals surface area contributed by atoms with E-state index in [1.165, 1.54) is 29.2 Å². The van der Waals surface area contributed by atoms with Crippen molar-refractivity contribution < 1.29 is 28.2 Å². The summed E-state index contributed by atoms with van der Waals surface area (Å²) in [4.78, 5) is 29.5. The van der Waals surface area contributed by atoms with Gasteiger partial charge >= 0.3 is 5.57 Å².